The average molecular weight is 320 g/mol. The van der Waals surface area contributed by atoms with Gasteiger partial charge in [-0.3, -0.25) is 0 Å². The molecule has 1 N–H and O–H groups in total. The molecule has 6 heteroatoms. The van der Waals surface area contributed by atoms with Gasteiger partial charge < -0.3 is 9.76 Å². The molecule has 0 aromatic rings. The van der Waals surface area contributed by atoms with E-state index < -0.39 is 6.16 Å². The van der Waals surface area contributed by atoms with Crippen LogP contribution in [-0.4, -0.2) is 19.3 Å². The monoisotopic (exact) mass is 321 g/mol. The maximum Gasteiger partial charge on any atom is 0.487 e. The smallest absolute Gasteiger partial charge is 0.487 e. The van der Waals surface area contributed by atoms with Gasteiger partial charge in [0.15, 0.2) is 0 Å². The molecule has 0 unspecified atom stereocenters. The van der Waals surface area contributed by atoms with E-state index in [2.05, 4.69) is 4.65 Å². The average Bonchev–Trinajstić information content (AvgIpc) is 1.38. The third-order valence-corrected chi connectivity index (χ3v) is 0.175. The fourth-order valence-corrected chi connectivity index (χ4v) is 0. The summed E-state index contributed by atoms with van der Waals surface area (Å²) in [5.41, 5.74) is 0. The minimum atomic E-state index is -1.25. The SMILES string of the molecule is BOC(=O)O.[Gd].[Y]. The molecule has 39 valence electrons. The molecular weight excluding hydrogens is 317 g/mol. The molecule has 0 aliphatic rings. The van der Waals surface area contributed by atoms with Crippen molar-refractivity contribution in [2.75, 3.05) is 0 Å². The van der Waals surface area contributed by atoms with Crippen LogP contribution in [0.15, 0.2) is 0 Å². The zero-order valence-corrected chi connectivity index (χ0v) is 8.80. The van der Waals surface area contributed by atoms with E-state index in [1.807, 2.05) is 0 Å². The second kappa shape index (κ2) is 10.7. The maximum absolute atomic E-state index is 9.15. The normalized spacial score (nSPS) is 4.57. The fourth-order valence-electron chi connectivity index (χ4n) is 0. The minimum Gasteiger partial charge on any atom is -0.513 e. The van der Waals surface area contributed by atoms with Crippen LogP contribution in [0, 0.1) is 39.9 Å². The van der Waals surface area contributed by atoms with Crippen LogP contribution in [0.3, 0.4) is 0 Å². The van der Waals surface area contributed by atoms with Crippen molar-refractivity contribution in [2.24, 2.45) is 0 Å². The molecule has 0 saturated carbocycles. The molecule has 0 aromatic carbocycles. The summed E-state index contributed by atoms with van der Waals surface area (Å²) in [5, 5.41) is 7.50. The number of rotatable bonds is 0. The second-order valence-electron chi connectivity index (χ2n) is 0.470. The Morgan fingerprint density at radius 3 is 1.86 bits per heavy atom. The Labute approximate surface area is 99.6 Å². The van der Waals surface area contributed by atoms with E-state index in [4.69, 9.17) is 9.90 Å². The van der Waals surface area contributed by atoms with Gasteiger partial charge in [-0.05, 0) is 0 Å². The number of carbonyl (C=O) groups is 1. The van der Waals surface area contributed by atoms with Gasteiger partial charge in [-0.15, -0.1) is 0 Å². The zero-order chi connectivity index (χ0) is 4.28. The summed E-state index contributed by atoms with van der Waals surface area (Å²) in [6.45, 7) is 0. The van der Waals surface area contributed by atoms with E-state index in [-0.39, 0.29) is 72.6 Å². The van der Waals surface area contributed by atoms with Gasteiger partial charge >= 0.3 is 14.2 Å². The molecule has 0 bridgehead atoms. The summed E-state index contributed by atoms with van der Waals surface area (Å²) in [7, 11) is 1.10. The van der Waals surface area contributed by atoms with E-state index in [1.165, 1.54) is 0 Å². The summed E-state index contributed by atoms with van der Waals surface area (Å²) < 4.78 is 3.67. The summed E-state index contributed by atoms with van der Waals surface area (Å²) in [5.74, 6) is 0. The minimum absolute atomic E-state index is 0. The van der Waals surface area contributed by atoms with E-state index in [1.54, 1.807) is 0 Å². The molecule has 0 spiro atoms. The van der Waals surface area contributed by atoms with Crippen molar-refractivity contribution in [3.8, 4) is 0 Å². The topological polar surface area (TPSA) is 46.5 Å². The molecule has 0 amide bonds. The number of carboxylic acid groups (broad SMARTS) is 1. The first-order valence-electron chi connectivity index (χ1n) is 1.04. The van der Waals surface area contributed by atoms with Crippen molar-refractivity contribution in [2.45, 2.75) is 0 Å². The summed E-state index contributed by atoms with van der Waals surface area (Å²) in [6.07, 6.45) is -1.25. The predicted molar refractivity (Wildman–Crippen MR) is 17.7 cm³/mol. The first kappa shape index (κ1) is 15.9. The third-order valence-electron chi connectivity index (χ3n) is 0.175. The largest absolute Gasteiger partial charge is 0.513 e. The Morgan fingerprint density at radius 2 is 1.86 bits per heavy atom. The zero-order valence-electron chi connectivity index (χ0n) is 3.69. The molecule has 7 heavy (non-hydrogen) atoms. The van der Waals surface area contributed by atoms with Crippen molar-refractivity contribution in [3.63, 3.8) is 0 Å². The Kier molecular flexibility index (Phi) is 24.3. The number of hydrogen-bond donors (Lipinski definition) is 1. The van der Waals surface area contributed by atoms with E-state index in [0.717, 1.165) is 8.05 Å². The van der Waals surface area contributed by atoms with Crippen molar-refractivity contribution >= 4 is 14.2 Å². The Bertz CT molecular complexity index is 50.2. The Morgan fingerprint density at radius 1 is 1.71 bits per heavy atom. The van der Waals surface area contributed by atoms with Gasteiger partial charge in [-0.25, -0.2) is 4.79 Å². The van der Waals surface area contributed by atoms with Crippen molar-refractivity contribution < 1.29 is 87.2 Å². The molecule has 0 saturated heterocycles. The standard InChI is InChI=1S/CH3BO3.Gd.Y/c2-5-1(3)4;;/h2H2,(H,3,4);;. The molecule has 0 aromatic heterocycles. The summed E-state index contributed by atoms with van der Waals surface area (Å²) in [6, 6.07) is 0. The first-order chi connectivity index (χ1) is 2.27. The molecule has 0 aliphatic heterocycles. The van der Waals surface area contributed by atoms with Gasteiger partial charge in [-0.1, -0.05) is 0 Å². The molecule has 3 nitrogen and oxygen atoms in total. The summed E-state index contributed by atoms with van der Waals surface area (Å²) in [4.78, 5) is 9.15. The second-order valence-corrected chi connectivity index (χ2v) is 0.470. The van der Waals surface area contributed by atoms with Crippen molar-refractivity contribution in [1.82, 2.24) is 0 Å². The van der Waals surface area contributed by atoms with E-state index in [9.17, 15) is 0 Å². The Balaban J connectivity index is -0.0000000800. The Hall–Kier alpha value is 1.76. The molecular formula is CH3BGdO3Y. The molecule has 0 fully saturated rings. The van der Waals surface area contributed by atoms with Crippen LogP contribution in [0.5, 0.6) is 0 Å². The van der Waals surface area contributed by atoms with Crippen LogP contribution in [-0.2, 0) is 37.4 Å². The quantitative estimate of drug-likeness (QED) is 0.596. The maximum atomic E-state index is 9.15. The van der Waals surface area contributed by atoms with Gasteiger partial charge in [0, 0.05) is 72.6 Å². The van der Waals surface area contributed by atoms with Crippen LogP contribution >= 0.6 is 0 Å². The van der Waals surface area contributed by atoms with Gasteiger partial charge in [0.05, 0.1) is 0 Å². The molecule has 0 aliphatic carbocycles. The molecule has 0 rings (SSSR count). The van der Waals surface area contributed by atoms with Crippen LogP contribution in [0.25, 0.3) is 0 Å². The van der Waals surface area contributed by atoms with E-state index >= 15 is 0 Å². The molecule has 0 heterocycles. The van der Waals surface area contributed by atoms with Crippen LogP contribution in [0.2, 0.25) is 0 Å². The van der Waals surface area contributed by atoms with Crippen LogP contribution in [0.4, 0.5) is 4.79 Å². The number of hydrogen-bond acceptors (Lipinski definition) is 2. The van der Waals surface area contributed by atoms with Gasteiger partial charge in [0.25, 0.3) is 0 Å². The van der Waals surface area contributed by atoms with Gasteiger partial charge in [0.1, 0.15) is 0 Å². The van der Waals surface area contributed by atoms with Crippen molar-refractivity contribution in [3.05, 3.63) is 0 Å². The molecule has 0 atom stereocenters. The van der Waals surface area contributed by atoms with Gasteiger partial charge in [0.2, 0.25) is 0 Å². The first-order valence-corrected chi connectivity index (χ1v) is 1.04. The van der Waals surface area contributed by atoms with Crippen molar-refractivity contribution in [1.29, 1.82) is 0 Å². The summed E-state index contributed by atoms with van der Waals surface area (Å²) >= 11 is 0. The van der Waals surface area contributed by atoms with Crippen LogP contribution in [0.1, 0.15) is 0 Å². The third kappa shape index (κ3) is 18.2. The van der Waals surface area contributed by atoms with Crippen LogP contribution < -0.4 is 0 Å². The molecule has 1 radical (unpaired) electrons. The van der Waals surface area contributed by atoms with Gasteiger partial charge in [-0.2, -0.15) is 0 Å². The van der Waals surface area contributed by atoms with E-state index in [0.29, 0.717) is 0 Å². The predicted octanol–water partition coefficient (Wildman–Crippen LogP) is -0.773. The fraction of sp³-hybridized carbons (Fsp3) is 0.